The van der Waals surface area contributed by atoms with Gasteiger partial charge in [0.25, 0.3) is 0 Å². The second kappa shape index (κ2) is 13.2. The van der Waals surface area contributed by atoms with Crippen molar-refractivity contribution in [3.05, 3.63) is 0 Å². The summed E-state index contributed by atoms with van der Waals surface area (Å²) in [5, 5.41) is 9.08. The van der Waals surface area contributed by atoms with Crippen molar-refractivity contribution in [2.24, 2.45) is 0 Å². The highest BCUT2D eigenvalue weighted by molar-refractivity contribution is 5.74. The number of cyclic esters (lactones) is 1. The van der Waals surface area contributed by atoms with Crippen LogP contribution in [-0.2, 0) is 19.1 Å². The predicted octanol–water partition coefficient (Wildman–Crippen LogP) is 3.91. The Bertz CT molecular complexity index is 356. The van der Waals surface area contributed by atoms with Gasteiger partial charge in [-0.25, -0.2) is 0 Å². The van der Waals surface area contributed by atoms with Crippen LogP contribution in [0.1, 0.15) is 90.4 Å². The van der Waals surface area contributed by atoms with Gasteiger partial charge in [0.2, 0.25) is 0 Å². The van der Waals surface area contributed by atoms with Crippen LogP contribution in [0.15, 0.2) is 0 Å². The Morgan fingerprint density at radius 3 is 2.12 bits per heavy atom. The molecule has 0 aromatic carbocycles. The molecule has 1 rings (SSSR count). The van der Waals surface area contributed by atoms with Crippen molar-refractivity contribution in [2.45, 2.75) is 103 Å². The number of ether oxygens (including phenoxy) is 2. The summed E-state index contributed by atoms with van der Waals surface area (Å²) in [6.07, 6.45) is 12.7. The fraction of sp³-hybridized carbons (Fsp3) is 0.895. The maximum absolute atomic E-state index is 11.8. The van der Waals surface area contributed by atoms with E-state index in [4.69, 9.17) is 14.6 Å². The lowest BCUT2D eigenvalue weighted by atomic mass is 10.1. The topological polar surface area (TPSA) is 72.8 Å². The maximum atomic E-state index is 11.8. The number of unbranched alkanes of at least 4 members (excludes halogenated alkanes) is 10. The van der Waals surface area contributed by atoms with Crippen LogP contribution in [0, 0.1) is 0 Å². The van der Waals surface area contributed by atoms with Crippen molar-refractivity contribution >= 4 is 11.9 Å². The zero-order valence-corrected chi connectivity index (χ0v) is 15.1. The van der Waals surface area contributed by atoms with E-state index in [-0.39, 0.29) is 19.0 Å². The molecule has 0 radical (unpaired) electrons. The lowest BCUT2D eigenvalue weighted by Crippen LogP contribution is -2.30. The first-order chi connectivity index (χ1) is 11.7. The number of hydrogen-bond donors (Lipinski definition) is 1. The lowest BCUT2D eigenvalue weighted by Gasteiger charge is -2.15. The molecule has 1 heterocycles. The number of rotatable bonds is 14. The highest BCUT2D eigenvalue weighted by Gasteiger charge is 2.37. The second-order valence-electron chi connectivity index (χ2n) is 6.73. The normalized spacial score (nSPS) is 20.2. The van der Waals surface area contributed by atoms with Crippen LogP contribution >= 0.6 is 0 Å². The first-order valence-corrected chi connectivity index (χ1v) is 9.67. The van der Waals surface area contributed by atoms with E-state index in [2.05, 4.69) is 6.92 Å². The first-order valence-electron chi connectivity index (χ1n) is 9.67. The summed E-state index contributed by atoms with van der Waals surface area (Å²) in [5.74, 6) is -0.714. The van der Waals surface area contributed by atoms with Crippen LogP contribution in [0.2, 0.25) is 0 Å². The van der Waals surface area contributed by atoms with Gasteiger partial charge in [-0.3, -0.25) is 9.59 Å². The fourth-order valence-electron chi connectivity index (χ4n) is 3.02. The van der Waals surface area contributed by atoms with Gasteiger partial charge >= 0.3 is 11.9 Å². The second-order valence-corrected chi connectivity index (χ2v) is 6.73. The molecular formula is C19H34O5. The van der Waals surface area contributed by atoms with Crippen LogP contribution in [0.25, 0.3) is 0 Å². The van der Waals surface area contributed by atoms with E-state index >= 15 is 0 Å². The molecule has 0 aromatic rings. The number of esters is 2. The van der Waals surface area contributed by atoms with Crippen LogP contribution in [-0.4, -0.2) is 35.9 Å². The zero-order valence-electron chi connectivity index (χ0n) is 15.1. The average molecular weight is 342 g/mol. The predicted molar refractivity (Wildman–Crippen MR) is 92.5 cm³/mol. The molecule has 140 valence electrons. The molecule has 0 aromatic heterocycles. The summed E-state index contributed by atoms with van der Waals surface area (Å²) < 4.78 is 10.1. The summed E-state index contributed by atoms with van der Waals surface area (Å²) in [4.78, 5) is 22.9. The van der Waals surface area contributed by atoms with Crippen molar-refractivity contribution in [3.8, 4) is 0 Å². The number of aliphatic hydroxyl groups excluding tert-OH is 1. The molecule has 1 fully saturated rings. The molecule has 0 aliphatic carbocycles. The Kier molecular flexibility index (Phi) is 11.5. The minimum atomic E-state index is -0.696. The fourth-order valence-corrected chi connectivity index (χ4v) is 3.02. The molecule has 0 bridgehead atoms. The van der Waals surface area contributed by atoms with E-state index in [1.807, 2.05) is 0 Å². The molecule has 1 saturated heterocycles. The SMILES string of the molecule is CCCCCCCCCCCCCC(=O)O[C@@H]1CC(=O)O[C@@H]1CO. The summed E-state index contributed by atoms with van der Waals surface area (Å²) in [5.41, 5.74) is 0. The Morgan fingerprint density at radius 1 is 1.04 bits per heavy atom. The van der Waals surface area contributed by atoms with Gasteiger partial charge in [-0.1, -0.05) is 71.1 Å². The smallest absolute Gasteiger partial charge is 0.310 e. The molecule has 1 aliphatic heterocycles. The van der Waals surface area contributed by atoms with Gasteiger partial charge < -0.3 is 14.6 Å². The van der Waals surface area contributed by atoms with Crippen LogP contribution in [0.4, 0.5) is 0 Å². The van der Waals surface area contributed by atoms with Gasteiger partial charge in [0.05, 0.1) is 13.0 Å². The third-order valence-electron chi connectivity index (χ3n) is 4.51. The maximum Gasteiger partial charge on any atom is 0.310 e. The van der Waals surface area contributed by atoms with E-state index in [1.165, 1.54) is 51.4 Å². The molecule has 5 nitrogen and oxygen atoms in total. The molecule has 2 atom stereocenters. The van der Waals surface area contributed by atoms with Gasteiger partial charge in [0, 0.05) is 6.42 Å². The van der Waals surface area contributed by atoms with Gasteiger partial charge in [0.15, 0.2) is 12.2 Å². The Balaban J connectivity index is 1.92. The van der Waals surface area contributed by atoms with E-state index in [1.54, 1.807) is 0 Å². The third kappa shape index (κ3) is 9.26. The molecule has 0 unspecified atom stereocenters. The highest BCUT2D eigenvalue weighted by atomic mass is 16.6. The summed E-state index contributed by atoms with van der Waals surface area (Å²) in [6, 6.07) is 0. The number of carbonyl (C=O) groups is 2. The minimum absolute atomic E-state index is 0.0508. The quantitative estimate of drug-likeness (QED) is 0.383. The van der Waals surface area contributed by atoms with Gasteiger partial charge in [0.1, 0.15) is 0 Å². The third-order valence-corrected chi connectivity index (χ3v) is 4.51. The number of carbonyl (C=O) groups excluding carboxylic acids is 2. The molecule has 0 saturated carbocycles. The number of hydrogen-bond acceptors (Lipinski definition) is 5. The molecule has 0 amide bonds. The van der Waals surface area contributed by atoms with Crippen molar-refractivity contribution in [2.75, 3.05) is 6.61 Å². The largest absolute Gasteiger partial charge is 0.458 e. The zero-order chi connectivity index (χ0) is 17.6. The highest BCUT2D eigenvalue weighted by Crippen LogP contribution is 2.19. The summed E-state index contributed by atoms with van der Waals surface area (Å²) in [6.45, 7) is 1.93. The van der Waals surface area contributed by atoms with Crippen LogP contribution in [0.3, 0.4) is 0 Å². The van der Waals surface area contributed by atoms with E-state index < -0.39 is 18.2 Å². The van der Waals surface area contributed by atoms with Crippen molar-refractivity contribution in [3.63, 3.8) is 0 Å². The van der Waals surface area contributed by atoms with E-state index in [0.29, 0.717) is 6.42 Å². The average Bonchev–Trinajstić information content (AvgIpc) is 2.92. The molecule has 1 N–H and O–H groups in total. The molecular weight excluding hydrogens is 308 g/mol. The minimum Gasteiger partial charge on any atom is -0.458 e. The lowest BCUT2D eigenvalue weighted by molar-refractivity contribution is -0.154. The Labute approximate surface area is 146 Å². The Morgan fingerprint density at radius 2 is 1.58 bits per heavy atom. The van der Waals surface area contributed by atoms with Crippen molar-refractivity contribution in [1.82, 2.24) is 0 Å². The number of aliphatic hydroxyl groups is 1. The van der Waals surface area contributed by atoms with E-state index in [9.17, 15) is 9.59 Å². The standard InChI is InChI=1S/C19H34O5/c1-2-3-4-5-6-7-8-9-10-11-12-13-18(21)23-16-14-19(22)24-17(16)15-20/h16-17,20H,2-15H2,1H3/t16-,17-/m1/s1. The molecule has 5 heteroatoms. The first kappa shape index (κ1) is 20.9. The molecule has 0 spiro atoms. The van der Waals surface area contributed by atoms with Gasteiger partial charge in [-0.15, -0.1) is 0 Å². The molecule has 24 heavy (non-hydrogen) atoms. The van der Waals surface area contributed by atoms with E-state index in [0.717, 1.165) is 19.3 Å². The van der Waals surface area contributed by atoms with Gasteiger partial charge in [-0.2, -0.15) is 0 Å². The summed E-state index contributed by atoms with van der Waals surface area (Å²) in [7, 11) is 0. The van der Waals surface area contributed by atoms with Gasteiger partial charge in [-0.05, 0) is 6.42 Å². The van der Waals surface area contributed by atoms with Crippen LogP contribution in [0.5, 0.6) is 0 Å². The van der Waals surface area contributed by atoms with Crippen molar-refractivity contribution < 1.29 is 24.2 Å². The monoisotopic (exact) mass is 342 g/mol. The summed E-state index contributed by atoms with van der Waals surface area (Å²) >= 11 is 0. The van der Waals surface area contributed by atoms with Crippen molar-refractivity contribution in [1.29, 1.82) is 0 Å². The molecule has 1 aliphatic rings. The Hall–Kier alpha value is -1.10. The van der Waals surface area contributed by atoms with Crippen LogP contribution < -0.4 is 0 Å².